The number of hydrogen-bond acceptors (Lipinski definition) is 3. The number of nitrogens with zero attached hydrogens (tertiary/aromatic N) is 2. The van der Waals surface area contributed by atoms with E-state index in [1.165, 1.54) is 6.07 Å². The first-order chi connectivity index (χ1) is 9.02. The van der Waals surface area contributed by atoms with Gasteiger partial charge in [0.1, 0.15) is 5.82 Å². The monoisotopic (exact) mass is 273 g/mol. The smallest absolute Gasteiger partial charge is 0.352 e. The van der Waals surface area contributed by atoms with Gasteiger partial charge in [0.25, 0.3) is 0 Å². The molecule has 0 aromatic carbocycles. The molecule has 1 heterocycles. The van der Waals surface area contributed by atoms with Crippen LogP contribution in [0.3, 0.4) is 0 Å². The molecule has 1 fully saturated rings. The molecule has 2 rings (SSSR count). The fourth-order valence-corrected chi connectivity index (χ4v) is 2.56. The van der Waals surface area contributed by atoms with E-state index in [9.17, 15) is 13.2 Å². The van der Waals surface area contributed by atoms with E-state index in [1.807, 2.05) is 4.90 Å². The molecule has 1 aromatic heterocycles. The molecule has 0 spiro atoms. The molecule has 19 heavy (non-hydrogen) atoms. The Bertz CT molecular complexity index is 397. The molecule has 0 aliphatic heterocycles. The first-order valence-electron chi connectivity index (χ1n) is 6.52. The second-order valence-corrected chi connectivity index (χ2v) is 4.82. The highest BCUT2D eigenvalue weighted by Crippen LogP contribution is 2.31. The fourth-order valence-electron chi connectivity index (χ4n) is 2.56. The number of halogens is 3. The van der Waals surface area contributed by atoms with Gasteiger partial charge in [0.05, 0.1) is 5.56 Å². The molecular formula is C13H18F3N3. The van der Waals surface area contributed by atoms with E-state index in [-0.39, 0.29) is 0 Å². The van der Waals surface area contributed by atoms with E-state index in [0.29, 0.717) is 24.9 Å². The number of rotatable bonds is 4. The van der Waals surface area contributed by atoms with Crippen LogP contribution in [0.15, 0.2) is 18.3 Å². The first kappa shape index (κ1) is 14.1. The molecule has 0 saturated heterocycles. The molecule has 1 saturated carbocycles. The van der Waals surface area contributed by atoms with Crippen LogP contribution in [0.4, 0.5) is 19.0 Å². The van der Waals surface area contributed by atoms with Gasteiger partial charge in [0.2, 0.25) is 0 Å². The summed E-state index contributed by atoms with van der Waals surface area (Å²) in [5.41, 5.74) is 4.87. The number of alkyl halides is 3. The van der Waals surface area contributed by atoms with Gasteiger partial charge in [-0.3, -0.25) is 0 Å². The zero-order chi connectivity index (χ0) is 13.9. The topological polar surface area (TPSA) is 42.1 Å². The van der Waals surface area contributed by atoms with E-state index >= 15 is 0 Å². The van der Waals surface area contributed by atoms with Gasteiger partial charge in [-0.2, -0.15) is 13.2 Å². The van der Waals surface area contributed by atoms with Gasteiger partial charge in [0.15, 0.2) is 0 Å². The third kappa shape index (κ3) is 3.37. The van der Waals surface area contributed by atoms with E-state index in [2.05, 4.69) is 4.98 Å². The van der Waals surface area contributed by atoms with Crippen molar-refractivity contribution in [3.05, 3.63) is 23.9 Å². The molecule has 1 aliphatic rings. The van der Waals surface area contributed by atoms with Gasteiger partial charge in [-0.15, -0.1) is 0 Å². The summed E-state index contributed by atoms with van der Waals surface area (Å²) in [6.07, 6.45) is 0.996. The lowest BCUT2D eigenvalue weighted by molar-refractivity contribution is -0.137. The molecule has 6 heteroatoms. The summed E-state index contributed by atoms with van der Waals surface area (Å²) in [4.78, 5) is 5.99. The van der Waals surface area contributed by atoms with E-state index < -0.39 is 11.7 Å². The summed E-state index contributed by atoms with van der Waals surface area (Å²) in [6.45, 7) is 1.10. The summed E-state index contributed by atoms with van der Waals surface area (Å²) in [7, 11) is 0. The number of nitrogens with two attached hydrogens (primary N) is 1. The number of hydrogen-bond donors (Lipinski definition) is 1. The van der Waals surface area contributed by atoms with Gasteiger partial charge >= 0.3 is 6.18 Å². The number of aromatic nitrogens is 1. The lowest BCUT2D eigenvalue weighted by Gasteiger charge is -2.29. The Morgan fingerprint density at radius 3 is 2.42 bits per heavy atom. The molecule has 0 radical (unpaired) electrons. The van der Waals surface area contributed by atoms with Crippen molar-refractivity contribution in [3.8, 4) is 0 Å². The minimum Gasteiger partial charge on any atom is -0.352 e. The van der Waals surface area contributed by atoms with Gasteiger partial charge in [-0.25, -0.2) is 4.98 Å². The molecule has 0 amide bonds. The van der Waals surface area contributed by atoms with Gasteiger partial charge in [-0.1, -0.05) is 12.8 Å². The normalized spacial score (nSPS) is 16.8. The predicted molar refractivity (Wildman–Crippen MR) is 67.9 cm³/mol. The Kier molecular flexibility index (Phi) is 4.29. The van der Waals surface area contributed by atoms with Crippen molar-refractivity contribution in [1.29, 1.82) is 0 Å². The Hall–Kier alpha value is -1.30. The van der Waals surface area contributed by atoms with Crippen LogP contribution in [0.25, 0.3) is 0 Å². The molecule has 106 valence electrons. The summed E-state index contributed by atoms with van der Waals surface area (Å²) >= 11 is 0. The Morgan fingerprint density at radius 1 is 1.26 bits per heavy atom. The second kappa shape index (κ2) is 5.77. The average molecular weight is 273 g/mol. The zero-order valence-corrected chi connectivity index (χ0v) is 10.7. The highest BCUT2D eigenvalue weighted by atomic mass is 19.4. The van der Waals surface area contributed by atoms with Crippen molar-refractivity contribution in [2.24, 2.45) is 5.73 Å². The Balaban J connectivity index is 2.17. The van der Waals surface area contributed by atoms with Crippen molar-refractivity contribution in [3.63, 3.8) is 0 Å². The minimum atomic E-state index is -4.34. The van der Waals surface area contributed by atoms with Crippen molar-refractivity contribution in [2.75, 3.05) is 18.0 Å². The van der Waals surface area contributed by atoms with Crippen LogP contribution in [-0.4, -0.2) is 24.1 Å². The maximum Gasteiger partial charge on any atom is 0.417 e. The van der Waals surface area contributed by atoms with Crippen LogP contribution in [-0.2, 0) is 6.18 Å². The Labute approximate surface area is 110 Å². The SMILES string of the molecule is NCCN(c1ccc(C(F)(F)F)cn1)C1CCCC1. The van der Waals surface area contributed by atoms with Crippen molar-refractivity contribution in [2.45, 2.75) is 37.9 Å². The number of pyridine rings is 1. The molecule has 2 N–H and O–H groups in total. The highest BCUT2D eigenvalue weighted by molar-refractivity contribution is 5.41. The summed E-state index contributed by atoms with van der Waals surface area (Å²) in [5, 5.41) is 0. The first-order valence-corrected chi connectivity index (χ1v) is 6.52. The molecule has 3 nitrogen and oxygen atoms in total. The van der Waals surface area contributed by atoms with Crippen molar-refractivity contribution >= 4 is 5.82 Å². The van der Waals surface area contributed by atoms with Crippen LogP contribution in [0.5, 0.6) is 0 Å². The fraction of sp³-hybridized carbons (Fsp3) is 0.615. The molecule has 0 unspecified atom stereocenters. The van der Waals surface area contributed by atoms with Crippen molar-refractivity contribution in [1.82, 2.24) is 4.98 Å². The van der Waals surface area contributed by atoms with E-state index in [4.69, 9.17) is 5.73 Å². The third-order valence-corrected chi connectivity index (χ3v) is 3.50. The molecule has 1 aromatic rings. The van der Waals surface area contributed by atoms with Crippen LogP contribution in [0, 0.1) is 0 Å². The zero-order valence-electron chi connectivity index (χ0n) is 10.7. The summed E-state index contributed by atoms with van der Waals surface area (Å²) in [6, 6.07) is 2.88. The van der Waals surface area contributed by atoms with Gasteiger partial charge < -0.3 is 10.6 Å². The minimum absolute atomic E-state index is 0.354. The standard InChI is InChI=1S/C13H18F3N3/c14-13(15,16)10-5-6-12(18-9-10)19(8-7-17)11-3-1-2-4-11/h5-6,9,11H,1-4,7-8,17H2. The van der Waals surface area contributed by atoms with Crippen LogP contribution in [0.1, 0.15) is 31.2 Å². The van der Waals surface area contributed by atoms with Gasteiger partial charge in [0, 0.05) is 25.3 Å². The van der Waals surface area contributed by atoms with Crippen LogP contribution < -0.4 is 10.6 Å². The van der Waals surface area contributed by atoms with Gasteiger partial charge in [-0.05, 0) is 25.0 Å². The lowest BCUT2D eigenvalue weighted by atomic mass is 10.2. The molecule has 0 bridgehead atoms. The highest BCUT2D eigenvalue weighted by Gasteiger charge is 2.31. The molecule has 0 atom stereocenters. The van der Waals surface area contributed by atoms with Crippen LogP contribution >= 0.6 is 0 Å². The van der Waals surface area contributed by atoms with E-state index in [1.54, 1.807) is 0 Å². The van der Waals surface area contributed by atoms with Crippen LogP contribution in [0.2, 0.25) is 0 Å². The second-order valence-electron chi connectivity index (χ2n) is 4.82. The van der Waals surface area contributed by atoms with E-state index in [0.717, 1.165) is 37.9 Å². The average Bonchev–Trinajstić information content (AvgIpc) is 2.89. The van der Waals surface area contributed by atoms with Crippen molar-refractivity contribution < 1.29 is 13.2 Å². The lowest BCUT2D eigenvalue weighted by Crippen LogP contribution is -2.37. The largest absolute Gasteiger partial charge is 0.417 e. The third-order valence-electron chi connectivity index (χ3n) is 3.50. The predicted octanol–water partition coefficient (Wildman–Crippen LogP) is 2.81. The summed E-state index contributed by atoms with van der Waals surface area (Å²) in [5.74, 6) is 0.588. The maximum absolute atomic E-state index is 12.5. The quantitative estimate of drug-likeness (QED) is 0.917. The molecule has 1 aliphatic carbocycles. The molecular weight excluding hydrogens is 255 g/mol. The number of anilines is 1. The maximum atomic E-state index is 12.5. The summed E-state index contributed by atoms with van der Waals surface area (Å²) < 4.78 is 37.5. The Morgan fingerprint density at radius 2 is 1.95 bits per heavy atom.